The Bertz CT molecular complexity index is 1310. The Morgan fingerprint density at radius 2 is 2.28 bits per heavy atom. The first kappa shape index (κ1) is 18.3. The maximum atomic E-state index is 13.1. The van der Waals surface area contributed by atoms with Crippen LogP contribution < -0.4 is 21.3 Å². The van der Waals surface area contributed by atoms with E-state index in [0.29, 0.717) is 32.9 Å². The van der Waals surface area contributed by atoms with Crippen molar-refractivity contribution < 1.29 is 4.74 Å². The Hall–Kier alpha value is -4.08. The van der Waals surface area contributed by atoms with Crippen molar-refractivity contribution in [3.8, 4) is 17.9 Å². The molecule has 0 radical (unpaired) electrons. The van der Waals surface area contributed by atoms with Gasteiger partial charge < -0.3 is 20.8 Å². The molecule has 0 aliphatic carbocycles. The lowest BCUT2D eigenvalue weighted by Gasteiger charge is -2.25. The molecule has 0 saturated heterocycles. The largest absolute Gasteiger partial charge is 0.438 e. The van der Waals surface area contributed by atoms with E-state index in [1.54, 1.807) is 30.6 Å². The van der Waals surface area contributed by atoms with Crippen LogP contribution in [0.5, 0.6) is 5.75 Å². The van der Waals surface area contributed by atoms with Gasteiger partial charge in [0, 0.05) is 18.9 Å². The smallest absolute Gasteiger partial charge is 0.256 e. The highest BCUT2D eigenvalue weighted by atomic mass is 32.1. The number of nitriles is 2. The quantitative estimate of drug-likeness (QED) is 0.570. The first-order valence-electron chi connectivity index (χ1n) is 8.55. The number of aromatic nitrogens is 2. The molecule has 1 aliphatic rings. The van der Waals surface area contributed by atoms with Gasteiger partial charge in [0.2, 0.25) is 5.88 Å². The topological polar surface area (TPSA) is 141 Å². The lowest BCUT2D eigenvalue weighted by molar-refractivity contribution is 0.397. The van der Waals surface area contributed by atoms with Gasteiger partial charge >= 0.3 is 0 Å². The molecule has 0 fully saturated rings. The average Bonchev–Trinajstić information content (AvgIpc) is 3.09. The number of allylic oxidation sites excluding steroid dienone is 1. The summed E-state index contributed by atoms with van der Waals surface area (Å²) < 4.78 is 6.31. The first-order valence-corrected chi connectivity index (χ1v) is 9.37. The molecule has 29 heavy (non-hydrogen) atoms. The predicted molar refractivity (Wildman–Crippen MR) is 109 cm³/mol. The van der Waals surface area contributed by atoms with Gasteiger partial charge in [-0.2, -0.15) is 10.5 Å². The number of nitrogens with one attached hydrogen (secondary N) is 2. The number of hydrogen-bond acceptors (Lipinski definition) is 8. The van der Waals surface area contributed by atoms with E-state index in [2.05, 4.69) is 34.0 Å². The van der Waals surface area contributed by atoms with Crippen LogP contribution in [-0.4, -0.2) is 16.5 Å². The van der Waals surface area contributed by atoms with Gasteiger partial charge in [-0.15, -0.1) is 17.9 Å². The summed E-state index contributed by atoms with van der Waals surface area (Å²) in [6, 6.07) is 7.66. The summed E-state index contributed by atoms with van der Waals surface area (Å²) in [5.74, 6) is -0.543. The Kier molecular flexibility index (Phi) is 4.51. The highest BCUT2D eigenvalue weighted by Crippen LogP contribution is 2.47. The van der Waals surface area contributed by atoms with Crippen LogP contribution in [0.2, 0.25) is 0 Å². The van der Waals surface area contributed by atoms with Crippen molar-refractivity contribution in [1.82, 2.24) is 9.97 Å². The van der Waals surface area contributed by atoms with E-state index in [-0.39, 0.29) is 22.8 Å². The predicted octanol–water partition coefficient (Wildman–Crippen LogP) is 2.67. The van der Waals surface area contributed by atoms with Crippen LogP contribution in [0.1, 0.15) is 22.6 Å². The number of pyridine rings is 2. The number of fused-ring (bicyclic) bond motifs is 3. The van der Waals surface area contributed by atoms with E-state index in [1.807, 2.05) is 0 Å². The zero-order valence-electron chi connectivity index (χ0n) is 15.0. The number of rotatable bonds is 4. The van der Waals surface area contributed by atoms with Gasteiger partial charge in [0.05, 0.1) is 21.7 Å². The average molecular weight is 402 g/mol. The van der Waals surface area contributed by atoms with Gasteiger partial charge in [-0.3, -0.25) is 9.78 Å². The van der Waals surface area contributed by atoms with Crippen LogP contribution in [0.3, 0.4) is 0 Å². The Morgan fingerprint density at radius 3 is 2.93 bits per heavy atom. The molecule has 0 spiro atoms. The summed E-state index contributed by atoms with van der Waals surface area (Å²) in [7, 11) is 0. The minimum absolute atomic E-state index is 0.0757. The lowest BCUT2D eigenvalue weighted by atomic mass is 9.85. The normalized spacial score (nSPS) is 15.2. The monoisotopic (exact) mass is 402 g/mol. The fourth-order valence-corrected chi connectivity index (χ4v) is 4.44. The van der Waals surface area contributed by atoms with Gasteiger partial charge in [-0.1, -0.05) is 12.1 Å². The zero-order chi connectivity index (χ0) is 20.5. The van der Waals surface area contributed by atoms with Crippen molar-refractivity contribution in [2.75, 3.05) is 11.9 Å². The first-order chi connectivity index (χ1) is 14.1. The summed E-state index contributed by atoms with van der Waals surface area (Å²) in [6.07, 6.45) is 4.85. The second-order valence-electron chi connectivity index (χ2n) is 6.20. The summed E-state index contributed by atoms with van der Waals surface area (Å²) in [5, 5.41) is 22.9. The van der Waals surface area contributed by atoms with E-state index in [4.69, 9.17) is 10.5 Å². The van der Waals surface area contributed by atoms with Gasteiger partial charge in [-0.25, -0.2) is 0 Å². The van der Waals surface area contributed by atoms with Gasteiger partial charge in [0.25, 0.3) is 5.56 Å². The molecule has 8 nitrogen and oxygen atoms in total. The van der Waals surface area contributed by atoms with Gasteiger partial charge in [-0.05, 0) is 11.6 Å². The summed E-state index contributed by atoms with van der Waals surface area (Å²) in [4.78, 5) is 19.9. The van der Waals surface area contributed by atoms with E-state index in [0.717, 1.165) is 0 Å². The second-order valence-corrected chi connectivity index (χ2v) is 7.22. The molecule has 4 heterocycles. The minimum Gasteiger partial charge on any atom is -0.438 e. The Balaban J connectivity index is 2.05. The van der Waals surface area contributed by atoms with Crippen molar-refractivity contribution in [3.05, 3.63) is 75.7 Å². The molecule has 4 N–H and O–H groups in total. The van der Waals surface area contributed by atoms with Crippen LogP contribution in [0.4, 0.5) is 5.00 Å². The number of H-pyrrole nitrogens is 1. The number of anilines is 1. The fraction of sp³-hybridized carbons (Fsp3) is 0.100. The van der Waals surface area contributed by atoms with Crippen LogP contribution >= 0.6 is 11.3 Å². The maximum Gasteiger partial charge on any atom is 0.256 e. The fourth-order valence-electron chi connectivity index (χ4n) is 3.33. The molecule has 142 valence electrons. The van der Waals surface area contributed by atoms with Crippen LogP contribution in [0.25, 0.3) is 10.2 Å². The highest BCUT2D eigenvalue weighted by Gasteiger charge is 2.36. The van der Waals surface area contributed by atoms with Crippen LogP contribution in [-0.2, 0) is 0 Å². The van der Waals surface area contributed by atoms with E-state index in [9.17, 15) is 15.3 Å². The third-order valence-electron chi connectivity index (χ3n) is 4.55. The number of thiophene rings is 1. The van der Waals surface area contributed by atoms with Crippen LogP contribution in [0.15, 0.2) is 53.4 Å². The third kappa shape index (κ3) is 2.81. The molecule has 3 aromatic heterocycles. The van der Waals surface area contributed by atoms with Crippen molar-refractivity contribution in [2.24, 2.45) is 5.73 Å². The van der Waals surface area contributed by atoms with Crippen molar-refractivity contribution in [2.45, 2.75) is 5.92 Å². The maximum absolute atomic E-state index is 13.1. The molecule has 1 atom stereocenters. The van der Waals surface area contributed by atoms with E-state index >= 15 is 0 Å². The zero-order valence-corrected chi connectivity index (χ0v) is 15.8. The molecule has 1 aliphatic heterocycles. The third-order valence-corrected chi connectivity index (χ3v) is 5.70. The summed E-state index contributed by atoms with van der Waals surface area (Å²) in [6.45, 7) is 4.11. The molecule has 9 heteroatoms. The molecule has 0 bridgehead atoms. The van der Waals surface area contributed by atoms with Crippen molar-refractivity contribution in [3.63, 3.8) is 0 Å². The lowest BCUT2D eigenvalue weighted by Crippen LogP contribution is -2.27. The molecule has 0 unspecified atom stereocenters. The SMILES string of the molecule is C=CCNc1sc2c3c(c(=O)[nH]c2c1C#N)[C@@H](c1cccnc1)C(C#N)=C(N)O3. The second kappa shape index (κ2) is 7.15. The van der Waals surface area contributed by atoms with Crippen LogP contribution in [0, 0.1) is 22.7 Å². The molecular weight excluding hydrogens is 388 g/mol. The van der Waals surface area contributed by atoms with E-state index < -0.39 is 11.5 Å². The standard InChI is InChI=1S/C20H14N6O2S/c1-2-5-25-20-12(8-22)15-17(29-20)16-14(19(27)26-15)13(10-4-3-6-24-9-10)11(7-21)18(23)28-16/h2-4,6,9,13,25H,1,5,23H2,(H,26,27)/t13-/m0/s1. The summed E-state index contributed by atoms with van der Waals surface area (Å²) >= 11 is 1.27. The number of hydrogen-bond donors (Lipinski definition) is 3. The molecular formula is C20H14N6O2S. The van der Waals surface area contributed by atoms with Crippen molar-refractivity contribution >= 4 is 26.6 Å². The summed E-state index contributed by atoms with van der Waals surface area (Å²) in [5.41, 5.74) is 7.31. The Morgan fingerprint density at radius 1 is 1.45 bits per heavy atom. The van der Waals surface area contributed by atoms with Gasteiger partial charge in [0.15, 0.2) is 5.75 Å². The van der Waals surface area contributed by atoms with E-state index in [1.165, 1.54) is 11.3 Å². The number of aromatic amines is 1. The van der Waals surface area contributed by atoms with Gasteiger partial charge in [0.1, 0.15) is 28.3 Å². The Labute approximate surface area is 169 Å². The molecule has 0 amide bonds. The number of ether oxygens (including phenoxy) is 1. The minimum atomic E-state index is -0.720. The van der Waals surface area contributed by atoms with Crippen molar-refractivity contribution in [1.29, 1.82) is 10.5 Å². The molecule has 4 rings (SSSR count). The molecule has 0 saturated carbocycles. The molecule has 0 aromatic carbocycles. The number of nitrogens with two attached hydrogens (primary N) is 1. The molecule has 3 aromatic rings. The number of nitrogens with zero attached hydrogens (tertiary/aromatic N) is 3. The highest BCUT2D eigenvalue weighted by molar-refractivity contribution is 7.23.